The first-order valence-corrected chi connectivity index (χ1v) is 7.18. The summed E-state index contributed by atoms with van der Waals surface area (Å²) in [4.78, 5) is 15.9. The molecule has 1 heterocycles. The van der Waals surface area contributed by atoms with Crippen LogP contribution in [-0.4, -0.2) is 31.1 Å². The predicted molar refractivity (Wildman–Crippen MR) is 84.7 cm³/mol. The van der Waals surface area contributed by atoms with Crippen LogP contribution in [0.25, 0.3) is 10.8 Å². The van der Waals surface area contributed by atoms with Crippen molar-refractivity contribution in [2.75, 3.05) is 25.5 Å². The maximum absolute atomic E-state index is 11.6. The molecule has 2 N–H and O–H groups in total. The SMILES string of the molecule is CCCNC(=O)CCNc1nccc2cc(OC)ccc12. The van der Waals surface area contributed by atoms with Gasteiger partial charge in [-0.3, -0.25) is 4.79 Å². The van der Waals surface area contributed by atoms with E-state index in [1.54, 1.807) is 13.3 Å². The van der Waals surface area contributed by atoms with Crippen molar-refractivity contribution in [1.29, 1.82) is 0 Å². The number of pyridine rings is 1. The number of nitrogens with zero attached hydrogens (tertiary/aromatic N) is 1. The third kappa shape index (κ3) is 4.08. The van der Waals surface area contributed by atoms with Gasteiger partial charge in [0.25, 0.3) is 0 Å². The molecule has 0 aliphatic heterocycles. The van der Waals surface area contributed by atoms with Gasteiger partial charge in [0.15, 0.2) is 0 Å². The lowest BCUT2D eigenvalue weighted by Crippen LogP contribution is -2.26. The summed E-state index contributed by atoms with van der Waals surface area (Å²) in [5, 5.41) is 8.15. The molecule has 0 radical (unpaired) electrons. The third-order valence-corrected chi connectivity index (χ3v) is 3.19. The highest BCUT2D eigenvalue weighted by molar-refractivity contribution is 5.92. The van der Waals surface area contributed by atoms with E-state index in [-0.39, 0.29) is 5.91 Å². The Morgan fingerprint density at radius 1 is 1.29 bits per heavy atom. The van der Waals surface area contributed by atoms with Gasteiger partial charge in [0, 0.05) is 31.1 Å². The Kier molecular flexibility index (Phi) is 5.37. The number of carbonyl (C=O) groups is 1. The second-order valence-electron chi connectivity index (χ2n) is 4.77. The number of fused-ring (bicyclic) bond motifs is 1. The van der Waals surface area contributed by atoms with E-state index in [4.69, 9.17) is 4.74 Å². The fourth-order valence-corrected chi connectivity index (χ4v) is 2.07. The van der Waals surface area contributed by atoms with Crippen LogP contribution >= 0.6 is 0 Å². The van der Waals surface area contributed by atoms with Crippen LogP contribution in [0.2, 0.25) is 0 Å². The minimum absolute atomic E-state index is 0.0613. The molecule has 5 heteroatoms. The fraction of sp³-hybridized carbons (Fsp3) is 0.375. The van der Waals surface area contributed by atoms with Gasteiger partial charge in [0.05, 0.1) is 7.11 Å². The Labute approximate surface area is 124 Å². The zero-order valence-corrected chi connectivity index (χ0v) is 12.5. The lowest BCUT2D eigenvalue weighted by molar-refractivity contribution is -0.120. The standard InChI is InChI=1S/C16H21N3O2/c1-3-8-17-15(20)7-10-19-16-14-5-4-13(21-2)11-12(14)6-9-18-16/h4-6,9,11H,3,7-8,10H2,1-2H3,(H,17,20)(H,18,19). The van der Waals surface area contributed by atoms with E-state index in [1.165, 1.54) is 0 Å². The van der Waals surface area contributed by atoms with Crippen LogP contribution < -0.4 is 15.4 Å². The van der Waals surface area contributed by atoms with Crippen molar-refractivity contribution in [2.45, 2.75) is 19.8 Å². The Morgan fingerprint density at radius 2 is 2.14 bits per heavy atom. The van der Waals surface area contributed by atoms with Gasteiger partial charge in [-0.05, 0) is 36.1 Å². The van der Waals surface area contributed by atoms with Crippen molar-refractivity contribution in [1.82, 2.24) is 10.3 Å². The van der Waals surface area contributed by atoms with E-state index >= 15 is 0 Å². The molecule has 0 spiro atoms. The molecule has 0 saturated carbocycles. The zero-order valence-electron chi connectivity index (χ0n) is 12.5. The lowest BCUT2D eigenvalue weighted by Gasteiger charge is -2.09. The number of anilines is 1. The Bertz CT molecular complexity index is 613. The van der Waals surface area contributed by atoms with Crippen LogP contribution in [0.1, 0.15) is 19.8 Å². The summed E-state index contributed by atoms with van der Waals surface area (Å²) in [6.45, 7) is 3.33. The number of nitrogens with one attached hydrogen (secondary N) is 2. The number of rotatable bonds is 7. The molecule has 0 fully saturated rings. The molecule has 0 aliphatic carbocycles. The van der Waals surface area contributed by atoms with Crippen molar-refractivity contribution in [3.8, 4) is 5.75 Å². The number of methoxy groups -OCH3 is 1. The van der Waals surface area contributed by atoms with Crippen LogP contribution in [0.15, 0.2) is 30.5 Å². The number of amides is 1. The van der Waals surface area contributed by atoms with E-state index in [1.807, 2.05) is 31.2 Å². The predicted octanol–water partition coefficient (Wildman–Crippen LogP) is 2.57. The summed E-state index contributed by atoms with van der Waals surface area (Å²) >= 11 is 0. The Hall–Kier alpha value is -2.30. The highest BCUT2D eigenvalue weighted by Crippen LogP contribution is 2.25. The molecule has 1 aromatic heterocycles. The van der Waals surface area contributed by atoms with Gasteiger partial charge < -0.3 is 15.4 Å². The van der Waals surface area contributed by atoms with Crippen molar-refractivity contribution in [3.63, 3.8) is 0 Å². The summed E-state index contributed by atoms with van der Waals surface area (Å²) in [7, 11) is 1.65. The molecule has 5 nitrogen and oxygen atoms in total. The molecule has 0 unspecified atom stereocenters. The molecule has 21 heavy (non-hydrogen) atoms. The molecule has 1 aromatic carbocycles. The first-order chi connectivity index (χ1) is 10.2. The van der Waals surface area contributed by atoms with Crippen LogP contribution in [0.3, 0.4) is 0 Å². The van der Waals surface area contributed by atoms with Gasteiger partial charge in [0.2, 0.25) is 5.91 Å². The van der Waals surface area contributed by atoms with Crippen molar-refractivity contribution in [2.24, 2.45) is 0 Å². The smallest absolute Gasteiger partial charge is 0.221 e. The van der Waals surface area contributed by atoms with Gasteiger partial charge in [-0.2, -0.15) is 0 Å². The highest BCUT2D eigenvalue weighted by Gasteiger charge is 2.05. The number of hydrogen-bond acceptors (Lipinski definition) is 4. The Morgan fingerprint density at radius 3 is 2.90 bits per heavy atom. The number of benzene rings is 1. The van der Waals surface area contributed by atoms with E-state index in [0.717, 1.165) is 35.3 Å². The maximum Gasteiger partial charge on any atom is 0.221 e. The molecule has 0 bridgehead atoms. The molecular formula is C16H21N3O2. The van der Waals surface area contributed by atoms with Gasteiger partial charge in [-0.25, -0.2) is 4.98 Å². The second-order valence-corrected chi connectivity index (χ2v) is 4.77. The van der Waals surface area contributed by atoms with Crippen LogP contribution in [0, 0.1) is 0 Å². The molecule has 112 valence electrons. The van der Waals surface area contributed by atoms with E-state index in [0.29, 0.717) is 13.0 Å². The molecule has 0 saturated heterocycles. The summed E-state index contributed by atoms with van der Waals surface area (Å²) < 4.78 is 5.22. The first kappa shape index (κ1) is 15.1. The van der Waals surface area contributed by atoms with Gasteiger partial charge in [-0.15, -0.1) is 0 Å². The number of ether oxygens (including phenoxy) is 1. The molecule has 1 amide bonds. The zero-order chi connectivity index (χ0) is 15.1. The Balaban J connectivity index is 2.00. The number of aromatic nitrogens is 1. The number of carbonyl (C=O) groups excluding carboxylic acids is 1. The molecule has 0 aliphatic rings. The topological polar surface area (TPSA) is 63.2 Å². The molecule has 0 atom stereocenters. The second kappa shape index (κ2) is 7.47. The summed E-state index contributed by atoms with van der Waals surface area (Å²) in [5.41, 5.74) is 0. The lowest BCUT2D eigenvalue weighted by atomic mass is 10.1. The van der Waals surface area contributed by atoms with Crippen LogP contribution in [-0.2, 0) is 4.79 Å². The fourth-order valence-electron chi connectivity index (χ4n) is 2.07. The summed E-state index contributed by atoms with van der Waals surface area (Å²) in [6, 6.07) is 7.79. The minimum Gasteiger partial charge on any atom is -0.497 e. The largest absolute Gasteiger partial charge is 0.497 e. The molecule has 2 aromatic rings. The van der Waals surface area contributed by atoms with E-state index in [2.05, 4.69) is 15.6 Å². The van der Waals surface area contributed by atoms with Gasteiger partial charge in [-0.1, -0.05) is 6.92 Å². The quantitative estimate of drug-likeness (QED) is 0.821. The van der Waals surface area contributed by atoms with Crippen molar-refractivity contribution < 1.29 is 9.53 Å². The monoisotopic (exact) mass is 287 g/mol. The van der Waals surface area contributed by atoms with Crippen molar-refractivity contribution >= 4 is 22.5 Å². The number of hydrogen-bond donors (Lipinski definition) is 2. The highest BCUT2D eigenvalue weighted by atomic mass is 16.5. The van der Waals surface area contributed by atoms with Crippen molar-refractivity contribution in [3.05, 3.63) is 30.5 Å². The average molecular weight is 287 g/mol. The molecular weight excluding hydrogens is 266 g/mol. The van der Waals surface area contributed by atoms with Gasteiger partial charge in [0.1, 0.15) is 11.6 Å². The average Bonchev–Trinajstić information content (AvgIpc) is 2.52. The normalized spacial score (nSPS) is 10.4. The van der Waals surface area contributed by atoms with E-state index < -0.39 is 0 Å². The van der Waals surface area contributed by atoms with Crippen LogP contribution in [0.4, 0.5) is 5.82 Å². The van der Waals surface area contributed by atoms with Crippen LogP contribution in [0.5, 0.6) is 5.75 Å². The third-order valence-electron chi connectivity index (χ3n) is 3.19. The van der Waals surface area contributed by atoms with Gasteiger partial charge >= 0.3 is 0 Å². The summed E-state index contributed by atoms with van der Waals surface area (Å²) in [6.07, 6.45) is 3.14. The maximum atomic E-state index is 11.6. The molecule has 2 rings (SSSR count). The minimum atomic E-state index is 0.0613. The first-order valence-electron chi connectivity index (χ1n) is 7.18. The summed E-state index contributed by atoms with van der Waals surface area (Å²) in [5.74, 6) is 1.67. The van der Waals surface area contributed by atoms with E-state index in [9.17, 15) is 4.79 Å².